The maximum absolute atomic E-state index is 13.2. The van der Waals surface area contributed by atoms with Crippen LogP contribution in [0.1, 0.15) is 32.1 Å². The van der Waals surface area contributed by atoms with Gasteiger partial charge >= 0.3 is 4.87 Å². The predicted molar refractivity (Wildman–Crippen MR) is 62.5 cm³/mol. The first-order chi connectivity index (χ1) is 8.02. The molecule has 94 valence electrons. The van der Waals surface area contributed by atoms with Gasteiger partial charge in [0.25, 0.3) is 5.92 Å². The summed E-state index contributed by atoms with van der Waals surface area (Å²) in [5.41, 5.74) is -0.664. The van der Waals surface area contributed by atoms with E-state index in [9.17, 15) is 13.6 Å². The number of thiazole rings is 1. The zero-order valence-corrected chi connectivity index (χ0v) is 10.3. The fourth-order valence-corrected chi connectivity index (χ4v) is 3.64. The van der Waals surface area contributed by atoms with Gasteiger partial charge in [0, 0.05) is 30.0 Å². The number of alkyl halides is 2. The molecule has 1 spiro atoms. The Labute approximate surface area is 102 Å². The van der Waals surface area contributed by atoms with Gasteiger partial charge in [-0.15, -0.1) is 0 Å². The van der Waals surface area contributed by atoms with Crippen LogP contribution in [0.4, 0.5) is 8.78 Å². The van der Waals surface area contributed by atoms with Crippen molar-refractivity contribution in [1.82, 2.24) is 4.57 Å². The SMILES string of the molecule is O=c1sccn1CC1CCC2(CC1)CC2(F)F. The molecule has 0 saturated heterocycles. The molecule has 0 amide bonds. The van der Waals surface area contributed by atoms with Crippen molar-refractivity contribution in [3.63, 3.8) is 0 Å². The summed E-state index contributed by atoms with van der Waals surface area (Å²) in [5.74, 6) is -2.01. The predicted octanol–water partition coefficient (Wildman–Crippen LogP) is 3.13. The molecule has 2 fully saturated rings. The van der Waals surface area contributed by atoms with Gasteiger partial charge in [-0.2, -0.15) is 0 Å². The van der Waals surface area contributed by atoms with Crippen molar-refractivity contribution in [3.8, 4) is 0 Å². The van der Waals surface area contributed by atoms with Crippen LogP contribution >= 0.6 is 11.3 Å². The van der Waals surface area contributed by atoms with E-state index in [1.165, 1.54) is 11.3 Å². The van der Waals surface area contributed by atoms with E-state index in [1.807, 2.05) is 0 Å². The summed E-state index contributed by atoms with van der Waals surface area (Å²) in [6.45, 7) is 0.698. The quantitative estimate of drug-likeness (QED) is 0.799. The van der Waals surface area contributed by atoms with Gasteiger partial charge in [0.15, 0.2) is 0 Å². The maximum atomic E-state index is 13.2. The normalized spacial score (nSPS) is 35.1. The van der Waals surface area contributed by atoms with Crippen LogP contribution in [0.2, 0.25) is 0 Å². The van der Waals surface area contributed by atoms with E-state index in [0.717, 1.165) is 12.8 Å². The molecule has 2 aliphatic carbocycles. The van der Waals surface area contributed by atoms with Crippen molar-refractivity contribution in [2.24, 2.45) is 11.3 Å². The Bertz CT molecular complexity index is 471. The van der Waals surface area contributed by atoms with Gasteiger partial charge in [-0.05, 0) is 31.6 Å². The highest BCUT2D eigenvalue weighted by Crippen LogP contribution is 2.67. The molecule has 0 atom stereocenters. The Hall–Kier alpha value is -0.710. The summed E-state index contributed by atoms with van der Waals surface area (Å²) >= 11 is 1.19. The fraction of sp³-hybridized carbons (Fsp3) is 0.750. The highest BCUT2D eigenvalue weighted by Gasteiger charge is 2.70. The van der Waals surface area contributed by atoms with Crippen molar-refractivity contribution < 1.29 is 8.78 Å². The lowest BCUT2D eigenvalue weighted by atomic mass is 9.79. The van der Waals surface area contributed by atoms with Crippen LogP contribution in [0, 0.1) is 11.3 Å². The fourth-order valence-electron chi connectivity index (χ4n) is 3.04. The standard InChI is InChI=1S/C12H15F2NOS/c13-12(14)8-11(12)3-1-9(2-4-11)7-15-5-6-17-10(15)16/h5-6,9H,1-4,7-8H2. The van der Waals surface area contributed by atoms with Gasteiger partial charge in [-0.1, -0.05) is 11.3 Å². The topological polar surface area (TPSA) is 22.0 Å². The van der Waals surface area contributed by atoms with E-state index in [-0.39, 0.29) is 11.3 Å². The minimum atomic E-state index is -2.41. The molecule has 2 saturated carbocycles. The summed E-state index contributed by atoms with van der Waals surface area (Å²) in [6.07, 6.45) is 4.80. The second-order valence-electron chi connectivity index (χ2n) is 5.43. The zero-order chi connectivity index (χ0) is 12.1. The highest BCUT2D eigenvalue weighted by atomic mass is 32.1. The number of nitrogens with zero attached hydrogens (tertiary/aromatic N) is 1. The van der Waals surface area contributed by atoms with Gasteiger partial charge in [0.1, 0.15) is 0 Å². The van der Waals surface area contributed by atoms with Crippen molar-refractivity contribution >= 4 is 11.3 Å². The number of rotatable bonds is 2. The Balaban J connectivity index is 1.60. The first-order valence-corrected chi connectivity index (χ1v) is 6.92. The summed E-state index contributed by atoms with van der Waals surface area (Å²) in [6, 6.07) is 0. The Morgan fingerprint density at radius 2 is 2.06 bits per heavy atom. The summed E-state index contributed by atoms with van der Waals surface area (Å²) in [5, 5.41) is 1.78. The molecule has 3 rings (SSSR count). The van der Waals surface area contributed by atoms with Gasteiger partial charge in [-0.25, -0.2) is 8.78 Å². The van der Waals surface area contributed by atoms with Crippen LogP contribution in [0.3, 0.4) is 0 Å². The summed E-state index contributed by atoms with van der Waals surface area (Å²) < 4.78 is 28.1. The molecule has 0 aromatic carbocycles. The van der Waals surface area contributed by atoms with Crippen molar-refractivity contribution in [3.05, 3.63) is 21.2 Å². The van der Waals surface area contributed by atoms with E-state index < -0.39 is 11.3 Å². The van der Waals surface area contributed by atoms with Gasteiger partial charge in [0.2, 0.25) is 0 Å². The van der Waals surface area contributed by atoms with Crippen LogP contribution in [0.25, 0.3) is 0 Å². The van der Waals surface area contributed by atoms with Crippen molar-refractivity contribution in [1.29, 1.82) is 0 Å². The largest absolute Gasteiger partial charge is 0.307 e. The first kappa shape index (κ1) is 11.4. The summed E-state index contributed by atoms with van der Waals surface area (Å²) in [7, 11) is 0. The molecule has 0 bridgehead atoms. The van der Waals surface area contributed by atoms with E-state index >= 15 is 0 Å². The first-order valence-electron chi connectivity index (χ1n) is 6.04. The molecule has 17 heavy (non-hydrogen) atoms. The third-order valence-electron chi connectivity index (χ3n) is 4.37. The molecular formula is C12H15F2NOS. The third kappa shape index (κ3) is 1.84. The third-order valence-corrected chi connectivity index (χ3v) is 5.07. The zero-order valence-electron chi connectivity index (χ0n) is 9.49. The summed E-state index contributed by atoms with van der Waals surface area (Å²) in [4.78, 5) is 11.5. The van der Waals surface area contributed by atoms with Crippen LogP contribution in [-0.2, 0) is 6.54 Å². The molecule has 1 aromatic rings. The Morgan fingerprint density at radius 1 is 1.41 bits per heavy atom. The molecule has 0 unspecified atom stereocenters. The molecule has 2 nitrogen and oxygen atoms in total. The minimum Gasteiger partial charge on any atom is -0.306 e. The van der Waals surface area contributed by atoms with Crippen LogP contribution in [-0.4, -0.2) is 10.5 Å². The van der Waals surface area contributed by atoms with E-state index in [0.29, 0.717) is 25.3 Å². The molecule has 5 heteroatoms. The van der Waals surface area contributed by atoms with Gasteiger partial charge < -0.3 is 4.57 Å². The monoisotopic (exact) mass is 259 g/mol. The lowest BCUT2D eigenvalue weighted by Gasteiger charge is -2.28. The molecule has 1 heterocycles. The van der Waals surface area contributed by atoms with Gasteiger partial charge in [-0.3, -0.25) is 4.79 Å². The number of halogens is 2. The number of aromatic nitrogens is 1. The van der Waals surface area contributed by atoms with E-state index in [4.69, 9.17) is 0 Å². The van der Waals surface area contributed by atoms with Crippen molar-refractivity contribution in [2.45, 2.75) is 44.6 Å². The molecule has 0 aliphatic heterocycles. The Morgan fingerprint density at radius 3 is 2.53 bits per heavy atom. The second kappa shape index (κ2) is 3.64. The van der Waals surface area contributed by atoms with E-state index in [2.05, 4.69) is 0 Å². The van der Waals surface area contributed by atoms with Crippen LogP contribution in [0.15, 0.2) is 16.4 Å². The maximum Gasteiger partial charge on any atom is 0.307 e. The van der Waals surface area contributed by atoms with Crippen LogP contribution in [0.5, 0.6) is 0 Å². The van der Waals surface area contributed by atoms with Crippen LogP contribution < -0.4 is 4.87 Å². The highest BCUT2D eigenvalue weighted by molar-refractivity contribution is 7.07. The molecule has 0 radical (unpaired) electrons. The molecule has 0 N–H and O–H groups in total. The van der Waals surface area contributed by atoms with Crippen molar-refractivity contribution in [2.75, 3.05) is 0 Å². The average Bonchev–Trinajstić information content (AvgIpc) is 2.60. The smallest absolute Gasteiger partial charge is 0.306 e. The molecule has 2 aliphatic rings. The van der Waals surface area contributed by atoms with E-state index in [1.54, 1.807) is 16.1 Å². The average molecular weight is 259 g/mol. The molecular weight excluding hydrogens is 244 g/mol. The number of hydrogen-bond donors (Lipinski definition) is 0. The molecule has 1 aromatic heterocycles. The second-order valence-corrected chi connectivity index (χ2v) is 6.28. The van der Waals surface area contributed by atoms with Gasteiger partial charge in [0.05, 0.1) is 0 Å². The number of hydrogen-bond acceptors (Lipinski definition) is 2. The minimum absolute atomic E-state index is 0.0574. The Kier molecular flexibility index (Phi) is 2.44. The lowest BCUT2D eigenvalue weighted by molar-refractivity contribution is 0.0391. The lowest BCUT2D eigenvalue weighted by Crippen LogP contribution is -2.25.